The van der Waals surface area contributed by atoms with Crippen molar-refractivity contribution >= 4 is 5.78 Å². The van der Waals surface area contributed by atoms with Crippen LogP contribution in [-0.2, 0) is 20.7 Å². The molecule has 4 heteroatoms. The number of terminal acetylenes is 1. The quantitative estimate of drug-likeness (QED) is 0.793. The van der Waals surface area contributed by atoms with Gasteiger partial charge >= 0.3 is 0 Å². The molecule has 1 aromatic carbocycles. The lowest BCUT2D eigenvalue weighted by Crippen LogP contribution is -2.45. The zero-order valence-electron chi connectivity index (χ0n) is 14.0. The first-order valence-corrected chi connectivity index (χ1v) is 8.17. The Morgan fingerprint density at radius 2 is 2.29 bits per heavy atom. The third-order valence-corrected chi connectivity index (χ3v) is 5.07. The Hall–Kier alpha value is -2.12. The summed E-state index contributed by atoms with van der Waals surface area (Å²) in [7, 11) is 0. The van der Waals surface area contributed by atoms with Crippen LogP contribution in [0, 0.1) is 36.9 Å². The lowest BCUT2D eigenvalue weighted by molar-refractivity contribution is -0.123. The van der Waals surface area contributed by atoms with Crippen molar-refractivity contribution in [3.8, 4) is 12.3 Å². The van der Waals surface area contributed by atoms with Gasteiger partial charge in [-0.25, -0.2) is 4.39 Å². The Morgan fingerprint density at radius 3 is 3.00 bits per heavy atom. The molecule has 1 aromatic rings. The van der Waals surface area contributed by atoms with Crippen molar-refractivity contribution in [1.29, 1.82) is 0 Å². The van der Waals surface area contributed by atoms with Crippen LogP contribution in [0.5, 0.6) is 0 Å². The highest BCUT2D eigenvalue weighted by Crippen LogP contribution is 2.46. The van der Waals surface area contributed by atoms with Gasteiger partial charge in [0.25, 0.3) is 0 Å². The third-order valence-electron chi connectivity index (χ3n) is 5.07. The number of aryl methyl sites for hydroxylation is 1. The molecule has 1 aliphatic carbocycles. The van der Waals surface area contributed by atoms with E-state index in [1.54, 1.807) is 0 Å². The second kappa shape index (κ2) is 6.41. The molecule has 1 saturated heterocycles. The van der Waals surface area contributed by atoms with E-state index < -0.39 is 5.60 Å². The fourth-order valence-corrected chi connectivity index (χ4v) is 3.64. The summed E-state index contributed by atoms with van der Waals surface area (Å²) in [4.78, 5) is 12.2. The van der Waals surface area contributed by atoms with Gasteiger partial charge in [-0.1, -0.05) is 19.1 Å². The molecule has 0 saturated carbocycles. The largest absolute Gasteiger partial charge is 0.469 e. The Balaban J connectivity index is 1.89. The summed E-state index contributed by atoms with van der Waals surface area (Å²) in [5.74, 6) is 2.57. The molecule has 0 aromatic heterocycles. The first kappa shape index (κ1) is 16.7. The van der Waals surface area contributed by atoms with Gasteiger partial charge in [-0.05, 0) is 42.9 Å². The first-order chi connectivity index (χ1) is 11.5. The number of rotatable bonds is 4. The van der Waals surface area contributed by atoms with Crippen molar-refractivity contribution in [1.82, 2.24) is 0 Å². The van der Waals surface area contributed by atoms with Gasteiger partial charge in [-0.3, -0.25) is 4.79 Å². The van der Waals surface area contributed by atoms with Gasteiger partial charge in [0.05, 0.1) is 0 Å². The van der Waals surface area contributed by atoms with Gasteiger partial charge in [0, 0.05) is 18.4 Å². The molecule has 0 amide bonds. The van der Waals surface area contributed by atoms with E-state index in [1.807, 2.05) is 26.0 Å². The molecule has 24 heavy (non-hydrogen) atoms. The molecule has 3 rings (SSSR count). The van der Waals surface area contributed by atoms with Gasteiger partial charge in [-0.2, -0.15) is 0 Å². The monoisotopic (exact) mass is 328 g/mol. The van der Waals surface area contributed by atoms with Gasteiger partial charge in [0.15, 0.2) is 12.6 Å². The van der Waals surface area contributed by atoms with E-state index in [-0.39, 0.29) is 30.2 Å². The number of halogens is 1. The van der Waals surface area contributed by atoms with Gasteiger partial charge < -0.3 is 9.47 Å². The first-order valence-electron chi connectivity index (χ1n) is 8.17. The normalized spacial score (nSPS) is 27.0. The number of hydrogen-bond donors (Lipinski definition) is 0. The fourth-order valence-electron chi connectivity index (χ4n) is 3.64. The Kier molecular flexibility index (Phi) is 4.47. The average Bonchev–Trinajstić information content (AvgIpc) is 2.94. The van der Waals surface area contributed by atoms with Crippen LogP contribution in [0.25, 0.3) is 0 Å². The van der Waals surface area contributed by atoms with Crippen molar-refractivity contribution < 1.29 is 18.7 Å². The van der Waals surface area contributed by atoms with E-state index in [0.29, 0.717) is 30.6 Å². The summed E-state index contributed by atoms with van der Waals surface area (Å²) in [6.07, 6.45) is 8.27. The Morgan fingerprint density at radius 1 is 1.50 bits per heavy atom. The van der Waals surface area contributed by atoms with Crippen LogP contribution in [0.2, 0.25) is 0 Å². The van der Waals surface area contributed by atoms with Crippen LogP contribution < -0.4 is 0 Å². The molecule has 0 unspecified atom stereocenters. The third kappa shape index (κ3) is 2.85. The van der Waals surface area contributed by atoms with E-state index >= 15 is 0 Å². The summed E-state index contributed by atoms with van der Waals surface area (Å²) in [5, 5.41) is 0. The van der Waals surface area contributed by atoms with E-state index in [0.717, 1.165) is 5.56 Å². The van der Waals surface area contributed by atoms with E-state index in [9.17, 15) is 9.18 Å². The van der Waals surface area contributed by atoms with E-state index in [4.69, 9.17) is 15.9 Å². The standard InChI is InChI=1S/C20H21FO3/c1-4-5-16-11-20(19(10-18(16)22)23-12-24-20)14(3)9-15-7-6-13(2)8-17(15)21/h1,6-8,10,14,16H,5,9,11-12H2,2-3H3/t14-,16+,20+/m0/s1. The maximum absolute atomic E-state index is 14.2. The van der Waals surface area contributed by atoms with Crippen molar-refractivity contribution in [2.75, 3.05) is 6.79 Å². The lowest BCUT2D eigenvalue weighted by atomic mass is 9.71. The second-order valence-electron chi connectivity index (χ2n) is 6.72. The molecule has 0 N–H and O–H groups in total. The van der Waals surface area contributed by atoms with Crippen molar-refractivity contribution in [3.63, 3.8) is 0 Å². The predicted octanol–water partition coefficient (Wildman–Crippen LogP) is 3.55. The smallest absolute Gasteiger partial charge is 0.189 e. The number of fused-ring (bicyclic) bond motifs is 1. The minimum atomic E-state index is -0.702. The molecule has 1 heterocycles. The molecular formula is C20H21FO3. The van der Waals surface area contributed by atoms with Crippen LogP contribution in [-0.4, -0.2) is 18.2 Å². The summed E-state index contributed by atoms with van der Waals surface area (Å²) >= 11 is 0. The van der Waals surface area contributed by atoms with E-state index in [1.165, 1.54) is 12.1 Å². The topological polar surface area (TPSA) is 35.5 Å². The zero-order valence-corrected chi connectivity index (χ0v) is 14.0. The molecule has 3 atom stereocenters. The number of benzene rings is 1. The van der Waals surface area contributed by atoms with Crippen molar-refractivity contribution in [3.05, 3.63) is 47.0 Å². The van der Waals surface area contributed by atoms with Crippen LogP contribution >= 0.6 is 0 Å². The summed E-state index contributed by atoms with van der Waals surface area (Å²) in [6.45, 7) is 3.98. The molecule has 3 nitrogen and oxygen atoms in total. The molecule has 2 aliphatic rings. The number of carbonyl (C=O) groups excluding carboxylic acids is 1. The van der Waals surface area contributed by atoms with Crippen molar-refractivity contribution in [2.45, 2.75) is 38.7 Å². The molecular weight excluding hydrogens is 307 g/mol. The van der Waals surface area contributed by atoms with Crippen LogP contribution in [0.4, 0.5) is 4.39 Å². The summed E-state index contributed by atoms with van der Waals surface area (Å²) in [5.41, 5.74) is 0.829. The molecule has 0 spiro atoms. The number of ether oxygens (including phenoxy) is 2. The Bertz CT molecular complexity index is 731. The van der Waals surface area contributed by atoms with Gasteiger partial charge in [0.2, 0.25) is 0 Å². The fraction of sp³-hybridized carbons (Fsp3) is 0.450. The summed E-state index contributed by atoms with van der Waals surface area (Å²) < 4.78 is 25.7. The van der Waals surface area contributed by atoms with Crippen molar-refractivity contribution in [2.24, 2.45) is 11.8 Å². The van der Waals surface area contributed by atoms with Crippen LogP contribution in [0.1, 0.15) is 30.9 Å². The highest BCUT2D eigenvalue weighted by molar-refractivity contribution is 5.94. The number of ketones is 1. The number of hydrogen-bond acceptors (Lipinski definition) is 3. The highest BCUT2D eigenvalue weighted by atomic mass is 19.1. The molecule has 0 bridgehead atoms. The predicted molar refractivity (Wildman–Crippen MR) is 88.4 cm³/mol. The average molecular weight is 328 g/mol. The molecule has 126 valence electrons. The van der Waals surface area contributed by atoms with E-state index in [2.05, 4.69) is 5.92 Å². The SMILES string of the molecule is C#CC[C@@H]1C[C@]2([C@@H](C)Cc3ccc(C)cc3F)OCOC2=CC1=O. The Labute approximate surface area is 141 Å². The zero-order chi connectivity index (χ0) is 17.3. The second-order valence-corrected chi connectivity index (χ2v) is 6.72. The minimum absolute atomic E-state index is 0.0159. The van der Waals surface area contributed by atoms with Gasteiger partial charge in [-0.15, -0.1) is 12.3 Å². The summed E-state index contributed by atoms with van der Waals surface area (Å²) in [6, 6.07) is 5.25. The van der Waals surface area contributed by atoms with Gasteiger partial charge in [0.1, 0.15) is 17.2 Å². The maximum atomic E-state index is 14.2. The molecule has 1 fully saturated rings. The maximum Gasteiger partial charge on any atom is 0.189 e. The molecule has 0 radical (unpaired) electrons. The number of carbonyl (C=O) groups is 1. The molecule has 1 aliphatic heterocycles. The minimum Gasteiger partial charge on any atom is -0.469 e. The van der Waals surface area contributed by atoms with Crippen LogP contribution in [0.3, 0.4) is 0 Å². The van der Waals surface area contributed by atoms with Crippen LogP contribution in [0.15, 0.2) is 30.0 Å². The number of allylic oxidation sites excluding steroid dienone is 1. The lowest BCUT2D eigenvalue weighted by Gasteiger charge is -2.38. The highest BCUT2D eigenvalue weighted by Gasteiger charge is 2.51.